The van der Waals surface area contributed by atoms with Crippen molar-refractivity contribution in [3.8, 4) is 22.9 Å². The minimum absolute atomic E-state index is 0.0156. The molecule has 0 saturated carbocycles. The molecule has 0 atom stereocenters. The second-order valence-corrected chi connectivity index (χ2v) is 7.09. The lowest BCUT2D eigenvalue weighted by Crippen LogP contribution is -2.50. The first-order valence-electron chi connectivity index (χ1n) is 9.35. The Kier molecular flexibility index (Phi) is 5.67. The van der Waals surface area contributed by atoms with Crippen molar-refractivity contribution in [1.82, 2.24) is 15.0 Å². The molecule has 1 amide bonds. The van der Waals surface area contributed by atoms with Gasteiger partial charge in [0, 0.05) is 23.7 Å². The first-order chi connectivity index (χ1) is 14.1. The number of rotatable bonds is 7. The smallest absolute Gasteiger partial charge is 0.260 e. The maximum atomic E-state index is 12.3. The second-order valence-electron chi connectivity index (χ2n) is 6.66. The van der Waals surface area contributed by atoms with Crippen LogP contribution in [0.4, 0.5) is 0 Å². The lowest BCUT2D eigenvalue weighted by molar-refractivity contribution is -0.138. The Labute approximate surface area is 173 Å². The number of hydrogen-bond acceptors (Lipinski definition) is 6. The number of hydrogen-bond donors (Lipinski definition) is 0. The SMILES string of the molecule is CCOc1ccc(OCC(=O)N2CC(c3nc(-c4cccc(Cl)c4)no3)C2)cc1. The molecule has 1 fully saturated rings. The largest absolute Gasteiger partial charge is 0.494 e. The molecule has 0 unspecified atom stereocenters. The molecule has 3 aromatic rings. The molecule has 1 aromatic heterocycles. The number of halogens is 1. The monoisotopic (exact) mass is 413 g/mol. The minimum atomic E-state index is -0.0790. The van der Waals surface area contributed by atoms with E-state index in [1.165, 1.54) is 0 Å². The van der Waals surface area contributed by atoms with Crippen LogP contribution in [0.2, 0.25) is 5.02 Å². The van der Waals surface area contributed by atoms with Gasteiger partial charge in [0.2, 0.25) is 11.7 Å². The van der Waals surface area contributed by atoms with Crippen molar-refractivity contribution >= 4 is 17.5 Å². The molecule has 2 heterocycles. The minimum Gasteiger partial charge on any atom is -0.494 e. The highest BCUT2D eigenvalue weighted by atomic mass is 35.5. The van der Waals surface area contributed by atoms with Crippen molar-refractivity contribution in [3.63, 3.8) is 0 Å². The fourth-order valence-electron chi connectivity index (χ4n) is 3.02. The summed E-state index contributed by atoms with van der Waals surface area (Å²) < 4.78 is 16.3. The van der Waals surface area contributed by atoms with Crippen LogP contribution in [0, 0.1) is 0 Å². The van der Waals surface area contributed by atoms with E-state index in [0.717, 1.165) is 11.3 Å². The van der Waals surface area contributed by atoms with Gasteiger partial charge in [-0.2, -0.15) is 4.98 Å². The molecule has 1 aliphatic rings. The van der Waals surface area contributed by atoms with Crippen molar-refractivity contribution in [2.45, 2.75) is 12.8 Å². The summed E-state index contributed by atoms with van der Waals surface area (Å²) in [6.45, 7) is 3.58. The number of ether oxygens (including phenoxy) is 2. The van der Waals surface area contributed by atoms with Gasteiger partial charge < -0.3 is 18.9 Å². The molecule has 0 aliphatic carbocycles. The molecular formula is C21H20ClN3O4. The number of benzene rings is 2. The van der Waals surface area contributed by atoms with Crippen molar-refractivity contribution in [2.24, 2.45) is 0 Å². The van der Waals surface area contributed by atoms with Gasteiger partial charge in [0.15, 0.2) is 6.61 Å². The number of aromatic nitrogens is 2. The maximum absolute atomic E-state index is 12.3. The molecule has 0 spiro atoms. The predicted molar refractivity (Wildman–Crippen MR) is 107 cm³/mol. The zero-order valence-electron chi connectivity index (χ0n) is 15.9. The highest BCUT2D eigenvalue weighted by Gasteiger charge is 2.35. The average molecular weight is 414 g/mol. The highest BCUT2D eigenvalue weighted by Crippen LogP contribution is 2.28. The van der Waals surface area contributed by atoms with Gasteiger partial charge in [0.1, 0.15) is 11.5 Å². The van der Waals surface area contributed by atoms with E-state index >= 15 is 0 Å². The third-order valence-corrected chi connectivity index (χ3v) is 4.84. The molecule has 0 N–H and O–H groups in total. The molecule has 1 aliphatic heterocycles. The van der Waals surface area contributed by atoms with Crippen LogP contribution in [0.5, 0.6) is 11.5 Å². The van der Waals surface area contributed by atoms with Gasteiger partial charge in [-0.1, -0.05) is 28.9 Å². The molecule has 150 valence electrons. The summed E-state index contributed by atoms with van der Waals surface area (Å²) in [4.78, 5) is 18.5. The van der Waals surface area contributed by atoms with Crippen LogP contribution >= 0.6 is 11.6 Å². The Bertz CT molecular complexity index is 984. The van der Waals surface area contributed by atoms with Gasteiger partial charge in [0.05, 0.1) is 12.5 Å². The Morgan fingerprint density at radius 1 is 1.17 bits per heavy atom. The van der Waals surface area contributed by atoms with Gasteiger partial charge in [-0.05, 0) is 43.3 Å². The third kappa shape index (κ3) is 4.51. The molecule has 8 heteroatoms. The van der Waals surface area contributed by atoms with Gasteiger partial charge in [-0.15, -0.1) is 0 Å². The Morgan fingerprint density at radius 2 is 1.90 bits per heavy atom. The summed E-state index contributed by atoms with van der Waals surface area (Å²) in [5.74, 6) is 2.37. The van der Waals surface area contributed by atoms with E-state index in [0.29, 0.717) is 42.2 Å². The van der Waals surface area contributed by atoms with Crippen LogP contribution in [-0.2, 0) is 4.79 Å². The van der Waals surface area contributed by atoms with E-state index in [9.17, 15) is 4.79 Å². The topological polar surface area (TPSA) is 77.7 Å². The molecule has 1 saturated heterocycles. The Morgan fingerprint density at radius 3 is 2.59 bits per heavy atom. The third-order valence-electron chi connectivity index (χ3n) is 4.61. The van der Waals surface area contributed by atoms with Crippen LogP contribution in [0.1, 0.15) is 18.7 Å². The summed E-state index contributed by atoms with van der Waals surface area (Å²) in [5.41, 5.74) is 0.795. The highest BCUT2D eigenvalue weighted by molar-refractivity contribution is 6.30. The molecule has 7 nitrogen and oxygen atoms in total. The van der Waals surface area contributed by atoms with E-state index < -0.39 is 0 Å². The maximum Gasteiger partial charge on any atom is 0.260 e. The predicted octanol–water partition coefficient (Wildman–Crippen LogP) is 3.79. The molecular weight excluding hydrogens is 394 g/mol. The summed E-state index contributed by atoms with van der Waals surface area (Å²) >= 11 is 6.00. The van der Waals surface area contributed by atoms with Crippen LogP contribution in [0.15, 0.2) is 53.1 Å². The number of carbonyl (C=O) groups excluding carboxylic acids is 1. The fraction of sp³-hybridized carbons (Fsp3) is 0.286. The zero-order chi connectivity index (χ0) is 20.2. The second kappa shape index (κ2) is 8.53. The summed E-state index contributed by atoms with van der Waals surface area (Å²) in [6, 6.07) is 14.5. The lowest BCUT2D eigenvalue weighted by atomic mass is 10.0. The van der Waals surface area contributed by atoms with Crippen molar-refractivity contribution in [2.75, 3.05) is 26.3 Å². The summed E-state index contributed by atoms with van der Waals surface area (Å²) in [6.07, 6.45) is 0. The van der Waals surface area contributed by atoms with Crippen LogP contribution in [0.3, 0.4) is 0 Å². The van der Waals surface area contributed by atoms with E-state index in [2.05, 4.69) is 10.1 Å². The van der Waals surface area contributed by atoms with Gasteiger partial charge in [-0.3, -0.25) is 4.79 Å². The van der Waals surface area contributed by atoms with E-state index in [4.69, 9.17) is 25.6 Å². The Balaban J connectivity index is 1.27. The molecule has 29 heavy (non-hydrogen) atoms. The Hall–Kier alpha value is -3.06. The quantitative estimate of drug-likeness (QED) is 0.586. The lowest BCUT2D eigenvalue weighted by Gasteiger charge is -2.36. The number of amides is 1. The van der Waals surface area contributed by atoms with E-state index in [1.54, 1.807) is 29.2 Å². The number of carbonyl (C=O) groups is 1. The van der Waals surface area contributed by atoms with Crippen molar-refractivity contribution in [3.05, 3.63) is 59.4 Å². The van der Waals surface area contributed by atoms with E-state index in [-0.39, 0.29) is 18.4 Å². The standard InChI is InChI=1S/C21H20ClN3O4/c1-2-27-17-6-8-18(9-7-17)28-13-19(26)25-11-15(12-25)21-23-20(24-29-21)14-4-3-5-16(22)10-14/h3-10,15H,2,11-13H2,1H3. The van der Waals surface area contributed by atoms with Gasteiger partial charge >= 0.3 is 0 Å². The molecule has 0 bridgehead atoms. The summed E-state index contributed by atoms with van der Waals surface area (Å²) in [5, 5.41) is 4.63. The molecule has 4 rings (SSSR count). The zero-order valence-corrected chi connectivity index (χ0v) is 16.6. The fourth-order valence-corrected chi connectivity index (χ4v) is 3.21. The number of nitrogens with zero attached hydrogens (tertiary/aromatic N) is 3. The summed E-state index contributed by atoms with van der Waals surface area (Å²) in [7, 11) is 0. The van der Waals surface area contributed by atoms with E-state index in [1.807, 2.05) is 31.2 Å². The average Bonchev–Trinajstić information content (AvgIpc) is 3.16. The number of likely N-dealkylation sites (tertiary alicyclic amines) is 1. The molecule has 2 aromatic carbocycles. The van der Waals surface area contributed by atoms with Gasteiger partial charge in [0.25, 0.3) is 5.91 Å². The normalized spacial score (nSPS) is 13.8. The van der Waals surface area contributed by atoms with Crippen LogP contribution < -0.4 is 9.47 Å². The van der Waals surface area contributed by atoms with Crippen molar-refractivity contribution in [1.29, 1.82) is 0 Å². The van der Waals surface area contributed by atoms with Gasteiger partial charge in [-0.25, -0.2) is 0 Å². The van der Waals surface area contributed by atoms with Crippen molar-refractivity contribution < 1.29 is 18.8 Å². The first-order valence-corrected chi connectivity index (χ1v) is 9.73. The molecule has 0 radical (unpaired) electrons. The first kappa shape index (κ1) is 19.3. The van der Waals surface area contributed by atoms with Crippen LogP contribution in [-0.4, -0.2) is 47.3 Å². The van der Waals surface area contributed by atoms with Crippen LogP contribution in [0.25, 0.3) is 11.4 Å².